The molecular formula is C18H28FNO. The van der Waals surface area contributed by atoms with Crippen LogP contribution < -0.4 is 10.1 Å². The number of aryl methyl sites for hydroxylation is 1. The van der Waals surface area contributed by atoms with Gasteiger partial charge in [-0.05, 0) is 56.8 Å². The minimum absolute atomic E-state index is 0.103. The summed E-state index contributed by atoms with van der Waals surface area (Å²) < 4.78 is 19.9. The third kappa shape index (κ3) is 4.44. The third-order valence-electron chi connectivity index (χ3n) is 4.47. The van der Waals surface area contributed by atoms with Crippen molar-refractivity contribution in [1.29, 1.82) is 0 Å². The van der Waals surface area contributed by atoms with E-state index in [-0.39, 0.29) is 11.9 Å². The minimum Gasteiger partial charge on any atom is -0.493 e. The Morgan fingerprint density at radius 3 is 2.67 bits per heavy atom. The van der Waals surface area contributed by atoms with Gasteiger partial charge in [-0.2, -0.15) is 0 Å². The number of halogens is 1. The lowest BCUT2D eigenvalue weighted by atomic mass is 9.90. The van der Waals surface area contributed by atoms with E-state index in [0.29, 0.717) is 11.5 Å². The van der Waals surface area contributed by atoms with Gasteiger partial charge < -0.3 is 10.1 Å². The molecule has 1 aliphatic carbocycles. The maximum atomic E-state index is 13.9. The van der Waals surface area contributed by atoms with Gasteiger partial charge in [0, 0.05) is 11.6 Å². The Morgan fingerprint density at radius 1 is 1.29 bits per heavy atom. The summed E-state index contributed by atoms with van der Waals surface area (Å²) in [5, 5.41) is 3.34. The van der Waals surface area contributed by atoms with E-state index in [2.05, 4.69) is 19.2 Å². The lowest BCUT2D eigenvalue weighted by molar-refractivity contribution is 0.206. The van der Waals surface area contributed by atoms with Crippen molar-refractivity contribution in [2.24, 2.45) is 5.92 Å². The number of rotatable bonds is 6. The molecule has 2 nitrogen and oxygen atoms in total. The average Bonchev–Trinajstić information content (AvgIpc) is 2.49. The van der Waals surface area contributed by atoms with Crippen molar-refractivity contribution in [3.63, 3.8) is 0 Å². The molecule has 1 aromatic rings. The Kier molecular flexibility index (Phi) is 6.04. The number of hydrogen-bond donors (Lipinski definition) is 1. The first-order chi connectivity index (χ1) is 10.1. The summed E-state index contributed by atoms with van der Waals surface area (Å²) in [6.07, 6.45) is 6.51. The van der Waals surface area contributed by atoms with E-state index in [4.69, 9.17) is 4.74 Å². The number of benzene rings is 1. The van der Waals surface area contributed by atoms with E-state index in [0.717, 1.165) is 24.5 Å². The second-order valence-electron chi connectivity index (χ2n) is 6.23. The molecule has 0 aromatic heterocycles. The van der Waals surface area contributed by atoms with E-state index in [1.54, 1.807) is 13.0 Å². The Balaban J connectivity index is 2.10. The molecule has 118 valence electrons. The normalized spacial score (nSPS) is 17.7. The molecule has 0 aliphatic heterocycles. The highest BCUT2D eigenvalue weighted by atomic mass is 19.1. The second kappa shape index (κ2) is 7.79. The van der Waals surface area contributed by atoms with Crippen molar-refractivity contribution in [3.05, 3.63) is 29.1 Å². The highest BCUT2D eigenvalue weighted by molar-refractivity contribution is 5.40. The Hall–Kier alpha value is -1.09. The Bertz CT molecular complexity index is 455. The maximum absolute atomic E-state index is 13.9. The summed E-state index contributed by atoms with van der Waals surface area (Å²) >= 11 is 0. The van der Waals surface area contributed by atoms with Crippen LogP contribution >= 0.6 is 0 Å². The van der Waals surface area contributed by atoms with Gasteiger partial charge in [0.25, 0.3) is 0 Å². The number of hydrogen-bond acceptors (Lipinski definition) is 2. The molecule has 1 N–H and O–H groups in total. The molecule has 1 unspecified atom stereocenters. The molecule has 21 heavy (non-hydrogen) atoms. The summed E-state index contributed by atoms with van der Waals surface area (Å²) in [5.41, 5.74) is 1.58. The lowest BCUT2D eigenvalue weighted by Gasteiger charge is -2.24. The van der Waals surface area contributed by atoms with Crippen LogP contribution in [-0.4, -0.2) is 13.2 Å². The molecule has 1 atom stereocenters. The van der Waals surface area contributed by atoms with Gasteiger partial charge in [0.15, 0.2) is 0 Å². The van der Waals surface area contributed by atoms with Crippen LogP contribution in [0.5, 0.6) is 5.75 Å². The molecule has 1 fully saturated rings. The molecule has 0 spiro atoms. The van der Waals surface area contributed by atoms with E-state index < -0.39 is 0 Å². The highest BCUT2D eigenvalue weighted by Crippen LogP contribution is 2.30. The molecule has 0 bridgehead atoms. The first-order valence-electron chi connectivity index (χ1n) is 8.28. The van der Waals surface area contributed by atoms with Gasteiger partial charge in [-0.1, -0.05) is 26.2 Å². The van der Waals surface area contributed by atoms with E-state index >= 15 is 0 Å². The molecule has 0 heterocycles. The average molecular weight is 293 g/mol. The molecule has 0 radical (unpaired) electrons. The standard InChI is InChI=1S/C18H28FNO/c1-4-20-14(3)16-11-17(19)13(2)10-18(16)21-12-15-8-6-5-7-9-15/h10-11,14-15,20H,4-9,12H2,1-3H3. The lowest BCUT2D eigenvalue weighted by Crippen LogP contribution is -2.20. The maximum Gasteiger partial charge on any atom is 0.126 e. The third-order valence-corrected chi connectivity index (χ3v) is 4.47. The molecule has 0 amide bonds. The van der Waals surface area contributed by atoms with Crippen molar-refractivity contribution in [2.45, 2.75) is 58.9 Å². The van der Waals surface area contributed by atoms with Gasteiger partial charge in [-0.3, -0.25) is 0 Å². The Morgan fingerprint density at radius 2 is 2.00 bits per heavy atom. The van der Waals surface area contributed by atoms with Crippen molar-refractivity contribution in [2.75, 3.05) is 13.2 Å². The highest BCUT2D eigenvalue weighted by Gasteiger charge is 2.18. The van der Waals surface area contributed by atoms with Gasteiger partial charge in [0.1, 0.15) is 11.6 Å². The van der Waals surface area contributed by atoms with E-state index in [1.165, 1.54) is 32.1 Å². The molecule has 1 aliphatic rings. The second-order valence-corrected chi connectivity index (χ2v) is 6.23. The molecule has 1 saturated carbocycles. The number of ether oxygens (including phenoxy) is 1. The Labute approximate surface area is 128 Å². The van der Waals surface area contributed by atoms with Crippen LogP contribution in [0.4, 0.5) is 4.39 Å². The van der Waals surface area contributed by atoms with Crippen molar-refractivity contribution < 1.29 is 9.13 Å². The molecule has 2 rings (SSSR count). The summed E-state index contributed by atoms with van der Waals surface area (Å²) in [4.78, 5) is 0. The molecule has 3 heteroatoms. The zero-order chi connectivity index (χ0) is 15.2. The van der Waals surface area contributed by atoms with Gasteiger partial charge in [0.2, 0.25) is 0 Å². The van der Waals surface area contributed by atoms with Gasteiger partial charge >= 0.3 is 0 Å². The van der Waals surface area contributed by atoms with E-state index in [9.17, 15) is 4.39 Å². The molecular weight excluding hydrogens is 265 g/mol. The van der Waals surface area contributed by atoms with Crippen LogP contribution in [0, 0.1) is 18.7 Å². The zero-order valence-corrected chi connectivity index (χ0v) is 13.5. The first kappa shape index (κ1) is 16.3. The fourth-order valence-corrected chi connectivity index (χ4v) is 3.11. The first-order valence-corrected chi connectivity index (χ1v) is 8.28. The van der Waals surface area contributed by atoms with Gasteiger partial charge in [0.05, 0.1) is 6.61 Å². The van der Waals surface area contributed by atoms with Crippen LogP contribution in [0.3, 0.4) is 0 Å². The van der Waals surface area contributed by atoms with Crippen LogP contribution in [0.15, 0.2) is 12.1 Å². The summed E-state index contributed by atoms with van der Waals surface area (Å²) in [7, 11) is 0. The van der Waals surface area contributed by atoms with E-state index in [1.807, 2.05) is 6.07 Å². The SMILES string of the molecule is CCNC(C)c1cc(F)c(C)cc1OCC1CCCCC1. The van der Waals surface area contributed by atoms with Crippen LogP contribution in [-0.2, 0) is 0 Å². The van der Waals surface area contributed by atoms with Crippen molar-refractivity contribution in [3.8, 4) is 5.75 Å². The fourth-order valence-electron chi connectivity index (χ4n) is 3.11. The predicted octanol–water partition coefficient (Wildman–Crippen LogP) is 4.76. The van der Waals surface area contributed by atoms with Crippen molar-refractivity contribution in [1.82, 2.24) is 5.32 Å². The van der Waals surface area contributed by atoms with Crippen LogP contribution in [0.2, 0.25) is 0 Å². The monoisotopic (exact) mass is 293 g/mol. The largest absolute Gasteiger partial charge is 0.493 e. The fraction of sp³-hybridized carbons (Fsp3) is 0.667. The predicted molar refractivity (Wildman–Crippen MR) is 85.3 cm³/mol. The smallest absolute Gasteiger partial charge is 0.126 e. The summed E-state index contributed by atoms with van der Waals surface area (Å²) in [6, 6.07) is 3.58. The summed E-state index contributed by atoms with van der Waals surface area (Å²) in [6.45, 7) is 7.53. The van der Waals surface area contributed by atoms with Gasteiger partial charge in [-0.25, -0.2) is 4.39 Å². The quantitative estimate of drug-likeness (QED) is 0.816. The number of nitrogens with one attached hydrogen (secondary N) is 1. The topological polar surface area (TPSA) is 21.3 Å². The minimum atomic E-state index is -0.153. The van der Waals surface area contributed by atoms with Gasteiger partial charge in [-0.15, -0.1) is 0 Å². The van der Waals surface area contributed by atoms with Crippen LogP contribution in [0.1, 0.15) is 63.1 Å². The molecule has 0 saturated heterocycles. The molecule has 1 aromatic carbocycles. The van der Waals surface area contributed by atoms with Crippen molar-refractivity contribution >= 4 is 0 Å². The zero-order valence-electron chi connectivity index (χ0n) is 13.5. The summed E-state index contributed by atoms with van der Waals surface area (Å²) in [5.74, 6) is 1.35. The van der Waals surface area contributed by atoms with Crippen LogP contribution in [0.25, 0.3) is 0 Å².